The number of nitrogens with one attached hydrogen (secondary N) is 2. The van der Waals surface area contributed by atoms with Crippen LogP contribution in [0.5, 0.6) is 0 Å². The molecule has 4 nitrogen and oxygen atoms in total. The highest BCUT2D eigenvalue weighted by molar-refractivity contribution is 6.35. The van der Waals surface area contributed by atoms with Gasteiger partial charge in [-0.1, -0.05) is 44.2 Å². The van der Waals surface area contributed by atoms with Crippen LogP contribution in [-0.4, -0.2) is 18.4 Å². The van der Waals surface area contributed by atoms with Crippen molar-refractivity contribution in [1.82, 2.24) is 10.6 Å². The van der Waals surface area contributed by atoms with E-state index >= 15 is 0 Å². The summed E-state index contributed by atoms with van der Waals surface area (Å²) in [6, 6.07) is 9.38. The van der Waals surface area contributed by atoms with Crippen LogP contribution in [0.25, 0.3) is 0 Å². The number of hydrogen-bond acceptors (Lipinski definition) is 2. The number of carbonyl (C=O) groups is 2. The van der Waals surface area contributed by atoms with Gasteiger partial charge < -0.3 is 10.6 Å². The highest BCUT2D eigenvalue weighted by Crippen LogP contribution is 2.10. The van der Waals surface area contributed by atoms with Gasteiger partial charge in [0.25, 0.3) is 0 Å². The summed E-state index contributed by atoms with van der Waals surface area (Å²) in [5, 5.41) is 5.30. The molecule has 0 aliphatic carbocycles. The van der Waals surface area contributed by atoms with Crippen LogP contribution in [-0.2, 0) is 9.59 Å². The highest BCUT2D eigenvalue weighted by atomic mass is 16.2. The Balaban J connectivity index is 2.40. The Bertz CT molecular complexity index is 415. The molecular weight excluding hydrogens is 240 g/mol. The Morgan fingerprint density at radius 1 is 1.05 bits per heavy atom. The summed E-state index contributed by atoms with van der Waals surface area (Å²) >= 11 is 0. The molecule has 1 atom stereocenters. The third-order valence-electron chi connectivity index (χ3n) is 2.86. The number of hydrogen-bond donors (Lipinski definition) is 2. The van der Waals surface area contributed by atoms with Crippen molar-refractivity contribution < 1.29 is 9.59 Å². The Morgan fingerprint density at radius 3 is 2.26 bits per heavy atom. The van der Waals surface area contributed by atoms with Gasteiger partial charge in [0.15, 0.2) is 0 Å². The van der Waals surface area contributed by atoms with Crippen LogP contribution in [0.2, 0.25) is 0 Å². The van der Waals surface area contributed by atoms with Crippen LogP contribution >= 0.6 is 0 Å². The molecule has 0 aromatic heterocycles. The van der Waals surface area contributed by atoms with Crippen LogP contribution in [0, 0.1) is 5.92 Å². The van der Waals surface area contributed by atoms with Crippen LogP contribution in [0.1, 0.15) is 38.8 Å². The molecule has 0 aliphatic rings. The van der Waals surface area contributed by atoms with E-state index in [0.717, 1.165) is 12.0 Å². The molecule has 1 aromatic rings. The predicted molar refractivity (Wildman–Crippen MR) is 75.5 cm³/mol. The Labute approximate surface area is 114 Å². The van der Waals surface area contributed by atoms with E-state index in [2.05, 4.69) is 24.5 Å². The summed E-state index contributed by atoms with van der Waals surface area (Å²) in [5.74, 6) is -0.643. The maximum absolute atomic E-state index is 11.7. The van der Waals surface area contributed by atoms with Crippen molar-refractivity contribution in [3.63, 3.8) is 0 Å². The molecule has 1 rings (SSSR count). The molecule has 0 unspecified atom stereocenters. The molecule has 0 aliphatic heterocycles. The van der Waals surface area contributed by atoms with Crippen molar-refractivity contribution in [2.75, 3.05) is 6.54 Å². The summed E-state index contributed by atoms with van der Waals surface area (Å²) in [7, 11) is 0. The minimum absolute atomic E-state index is 0.176. The molecule has 0 bridgehead atoms. The van der Waals surface area contributed by atoms with Crippen molar-refractivity contribution in [2.45, 2.75) is 33.2 Å². The second-order valence-corrected chi connectivity index (χ2v) is 5.04. The fourth-order valence-corrected chi connectivity index (χ4v) is 1.64. The van der Waals surface area contributed by atoms with Crippen LogP contribution < -0.4 is 10.6 Å². The van der Waals surface area contributed by atoms with E-state index in [1.807, 2.05) is 37.3 Å². The van der Waals surface area contributed by atoms with Gasteiger partial charge in [-0.25, -0.2) is 0 Å². The summed E-state index contributed by atoms with van der Waals surface area (Å²) in [6.45, 7) is 6.53. The monoisotopic (exact) mass is 262 g/mol. The van der Waals surface area contributed by atoms with Crippen LogP contribution in [0.15, 0.2) is 30.3 Å². The Morgan fingerprint density at radius 2 is 1.68 bits per heavy atom. The molecule has 19 heavy (non-hydrogen) atoms. The molecule has 0 fully saturated rings. The molecule has 1 aromatic carbocycles. The second-order valence-electron chi connectivity index (χ2n) is 5.04. The third kappa shape index (κ3) is 5.55. The smallest absolute Gasteiger partial charge is 0.309 e. The number of benzene rings is 1. The average Bonchev–Trinajstić information content (AvgIpc) is 2.39. The van der Waals surface area contributed by atoms with Crippen molar-refractivity contribution in [1.29, 1.82) is 0 Å². The van der Waals surface area contributed by atoms with Gasteiger partial charge in [0.05, 0.1) is 6.04 Å². The lowest BCUT2D eigenvalue weighted by Crippen LogP contribution is -2.41. The molecule has 2 N–H and O–H groups in total. The zero-order valence-electron chi connectivity index (χ0n) is 11.8. The zero-order valence-corrected chi connectivity index (χ0v) is 11.8. The number of amides is 2. The lowest BCUT2D eigenvalue weighted by Gasteiger charge is -2.14. The first-order valence-electron chi connectivity index (χ1n) is 6.64. The van der Waals surface area contributed by atoms with Gasteiger partial charge in [-0.05, 0) is 24.8 Å². The van der Waals surface area contributed by atoms with Crippen molar-refractivity contribution >= 4 is 11.8 Å². The first-order chi connectivity index (χ1) is 9.00. The first-order valence-corrected chi connectivity index (χ1v) is 6.64. The maximum Gasteiger partial charge on any atom is 0.309 e. The van der Waals surface area contributed by atoms with Crippen LogP contribution in [0.4, 0.5) is 0 Å². The molecule has 0 saturated carbocycles. The lowest BCUT2D eigenvalue weighted by atomic mass is 10.1. The average molecular weight is 262 g/mol. The minimum Gasteiger partial charge on any atom is -0.348 e. The molecule has 0 saturated heterocycles. The van der Waals surface area contributed by atoms with Gasteiger partial charge in [-0.2, -0.15) is 0 Å². The van der Waals surface area contributed by atoms with E-state index in [0.29, 0.717) is 12.5 Å². The van der Waals surface area contributed by atoms with Crippen molar-refractivity contribution in [3.05, 3.63) is 35.9 Å². The highest BCUT2D eigenvalue weighted by Gasteiger charge is 2.16. The first kappa shape index (κ1) is 15.2. The van der Waals surface area contributed by atoms with E-state index in [-0.39, 0.29) is 6.04 Å². The van der Waals surface area contributed by atoms with Gasteiger partial charge in [-0.15, -0.1) is 0 Å². The van der Waals surface area contributed by atoms with Crippen LogP contribution in [0.3, 0.4) is 0 Å². The topological polar surface area (TPSA) is 58.2 Å². The summed E-state index contributed by atoms with van der Waals surface area (Å²) in [5.41, 5.74) is 0.978. The second kappa shape index (κ2) is 7.56. The van der Waals surface area contributed by atoms with Crippen molar-refractivity contribution in [2.24, 2.45) is 5.92 Å². The van der Waals surface area contributed by atoms with E-state index in [9.17, 15) is 9.59 Å². The molecule has 0 radical (unpaired) electrons. The van der Waals surface area contributed by atoms with Gasteiger partial charge in [0, 0.05) is 6.54 Å². The van der Waals surface area contributed by atoms with Gasteiger partial charge >= 0.3 is 11.8 Å². The molecule has 0 heterocycles. The molecule has 2 amide bonds. The number of carbonyl (C=O) groups excluding carboxylic acids is 2. The summed E-state index contributed by atoms with van der Waals surface area (Å²) in [4.78, 5) is 23.2. The van der Waals surface area contributed by atoms with E-state index in [1.165, 1.54) is 0 Å². The third-order valence-corrected chi connectivity index (χ3v) is 2.86. The molecule has 104 valence electrons. The lowest BCUT2D eigenvalue weighted by molar-refractivity contribution is -0.139. The molecule has 0 spiro atoms. The largest absolute Gasteiger partial charge is 0.348 e. The fraction of sp³-hybridized carbons (Fsp3) is 0.467. The minimum atomic E-state index is -0.583. The van der Waals surface area contributed by atoms with Gasteiger partial charge in [-0.3, -0.25) is 9.59 Å². The van der Waals surface area contributed by atoms with E-state index < -0.39 is 11.8 Å². The molecule has 4 heteroatoms. The number of rotatable bonds is 5. The van der Waals surface area contributed by atoms with Crippen molar-refractivity contribution in [3.8, 4) is 0 Å². The maximum atomic E-state index is 11.7. The zero-order chi connectivity index (χ0) is 14.3. The SMILES string of the molecule is CC(C)CCNC(=O)C(=O)N[C@H](C)c1ccccc1. The normalized spacial score (nSPS) is 12.0. The van der Waals surface area contributed by atoms with Gasteiger partial charge in [0.2, 0.25) is 0 Å². The molecular formula is C15H22N2O2. The predicted octanol–water partition coefficient (Wildman–Crippen LogP) is 2.03. The van der Waals surface area contributed by atoms with Gasteiger partial charge in [0.1, 0.15) is 0 Å². The Kier molecular flexibility index (Phi) is 6.06. The Hall–Kier alpha value is -1.84. The summed E-state index contributed by atoms with van der Waals surface area (Å²) in [6.07, 6.45) is 0.868. The quantitative estimate of drug-likeness (QED) is 0.798. The standard InChI is InChI=1S/C15H22N2O2/c1-11(2)9-10-16-14(18)15(19)17-12(3)13-7-5-4-6-8-13/h4-8,11-12H,9-10H2,1-3H3,(H,16,18)(H,17,19)/t12-/m1/s1. The van der Waals surface area contributed by atoms with E-state index in [4.69, 9.17) is 0 Å². The summed E-state index contributed by atoms with van der Waals surface area (Å²) < 4.78 is 0. The van der Waals surface area contributed by atoms with E-state index in [1.54, 1.807) is 0 Å². The fourth-order valence-electron chi connectivity index (χ4n) is 1.64.